The van der Waals surface area contributed by atoms with Crippen LogP contribution in [0.2, 0.25) is 0 Å². The number of amides is 2. The molecule has 2 aromatic rings. The second-order valence-corrected chi connectivity index (χ2v) is 17.1. The third-order valence-corrected chi connectivity index (χ3v) is 10.2. The van der Waals surface area contributed by atoms with Gasteiger partial charge in [0.05, 0.1) is 29.6 Å². The number of likely N-dealkylation sites (tertiary alicyclic amines) is 2. The minimum absolute atomic E-state index is 0.0902. The molecule has 2 unspecified atom stereocenters. The Morgan fingerprint density at radius 1 is 0.772 bits per heavy atom. The van der Waals surface area contributed by atoms with Gasteiger partial charge in [0, 0.05) is 65.1 Å². The van der Waals surface area contributed by atoms with Crippen LogP contribution in [0.4, 0.5) is 9.59 Å². The van der Waals surface area contributed by atoms with Gasteiger partial charge < -0.3 is 43.4 Å². The minimum Gasteiger partial charge on any atom is -0.486 e. The molecule has 0 radical (unpaired) electrons. The first-order valence-corrected chi connectivity index (χ1v) is 20.1. The molecule has 0 bridgehead atoms. The summed E-state index contributed by atoms with van der Waals surface area (Å²) in [4.78, 5) is 62.0. The monoisotopic (exact) mass is 794 g/mol. The zero-order chi connectivity index (χ0) is 42.0. The topological polar surface area (TPSA) is 158 Å². The van der Waals surface area contributed by atoms with E-state index in [1.54, 1.807) is 41.0 Å². The molecule has 1 N–H and O–H groups in total. The van der Waals surface area contributed by atoms with Crippen molar-refractivity contribution in [1.82, 2.24) is 9.80 Å². The van der Waals surface area contributed by atoms with Crippen LogP contribution in [0.1, 0.15) is 121 Å². The van der Waals surface area contributed by atoms with Gasteiger partial charge in [-0.15, -0.1) is 0 Å². The lowest BCUT2D eigenvalue weighted by Gasteiger charge is -2.49. The standard InChI is InChI=1S/C20H27NO5.C18H23NO4.C4H8O.C2H4O/c1-13(22)16-17(23)14-7-5-6-8-15(14)25-20(16)9-11-21(12-10-20)18(24)26-19(2,3)4;1-17(2,3)23-16(21)19-10-8-18(9-11-19)12-14(20)13-6-4-5-7-15(13)22-18;1-2-4-5-3-1;1-2-3/h5-8,13,16,22H,9-12H2,1-4H3;4-7H,8-12H2,1-3H3;1-4H2;2H,1H3. The number of carbonyl (C=O) groups is 5. The van der Waals surface area contributed by atoms with Gasteiger partial charge in [0.2, 0.25) is 0 Å². The summed E-state index contributed by atoms with van der Waals surface area (Å²) in [6, 6.07) is 14.5. The Labute approximate surface area is 337 Å². The molecule has 0 aliphatic carbocycles. The van der Waals surface area contributed by atoms with Crippen LogP contribution in [0.3, 0.4) is 0 Å². The van der Waals surface area contributed by atoms with Crippen LogP contribution >= 0.6 is 0 Å². The number of aliphatic hydroxyl groups is 1. The fraction of sp³-hybridized carbons (Fsp3) is 0.614. The van der Waals surface area contributed by atoms with Gasteiger partial charge in [-0.05, 0) is 92.5 Å². The largest absolute Gasteiger partial charge is 0.486 e. The molecule has 5 aliphatic rings. The molecule has 5 aliphatic heterocycles. The molecule has 2 atom stereocenters. The number of Topliss-reactive ketones (excluding diaryl/α,β-unsaturated/α-hetero) is 2. The molecule has 314 valence electrons. The molecule has 2 aromatic carbocycles. The highest BCUT2D eigenvalue weighted by atomic mass is 16.6. The third-order valence-electron chi connectivity index (χ3n) is 10.2. The van der Waals surface area contributed by atoms with Crippen molar-refractivity contribution in [3.8, 4) is 11.5 Å². The maximum atomic E-state index is 13.0. The Kier molecular flexibility index (Phi) is 15.3. The molecule has 13 nitrogen and oxygen atoms in total. The molecule has 0 saturated carbocycles. The number of piperidine rings is 2. The van der Waals surface area contributed by atoms with Crippen molar-refractivity contribution in [3.05, 3.63) is 59.7 Å². The van der Waals surface area contributed by atoms with E-state index >= 15 is 0 Å². The van der Waals surface area contributed by atoms with Crippen molar-refractivity contribution in [2.24, 2.45) is 5.92 Å². The highest BCUT2D eigenvalue weighted by Crippen LogP contribution is 2.44. The van der Waals surface area contributed by atoms with Gasteiger partial charge in [0.1, 0.15) is 40.2 Å². The van der Waals surface area contributed by atoms with Crippen molar-refractivity contribution in [2.75, 3.05) is 39.4 Å². The number of aldehydes is 1. The molecule has 2 spiro atoms. The van der Waals surface area contributed by atoms with Gasteiger partial charge in [0.15, 0.2) is 11.6 Å². The van der Waals surface area contributed by atoms with Crippen LogP contribution in [0.5, 0.6) is 11.5 Å². The van der Waals surface area contributed by atoms with Crippen molar-refractivity contribution in [3.63, 3.8) is 0 Å². The number of ether oxygens (including phenoxy) is 5. The fourth-order valence-corrected chi connectivity index (χ4v) is 7.57. The Balaban J connectivity index is 0.000000213. The van der Waals surface area contributed by atoms with Gasteiger partial charge in [-0.25, -0.2) is 9.59 Å². The summed E-state index contributed by atoms with van der Waals surface area (Å²) in [7, 11) is 0. The summed E-state index contributed by atoms with van der Waals surface area (Å²) < 4.78 is 28.2. The van der Waals surface area contributed by atoms with Crippen LogP contribution in [0.15, 0.2) is 48.5 Å². The lowest BCUT2D eigenvalue weighted by Crippen LogP contribution is -2.60. The summed E-state index contributed by atoms with van der Waals surface area (Å²) in [5.74, 6) is 0.609. The predicted octanol–water partition coefficient (Wildman–Crippen LogP) is 7.45. The Morgan fingerprint density at radius 3 is 1.65 bits per heavy atom. The highest BCUT2D eigenvalue weighted by molar-refractivity contribution is 6.02. The highest BCUT2D eigenvalue weighted by Gasteiger charge is 2.53. The third kappa shape index (κ3) is 12.3. The molecule has 13 heteroatoms. The maximum Gasteiger partial charge on any atom is 0.410 e. The molecule has 57 heavy (non-hydrogen) atoms. The Hall–Kier alpha value is -4.49. The SMILES string of the molecule is C1CCOC1.CC(C)(C)OC(=O)N1CCC2(CC1)CC(=O)c1ccccc1O2.CC(O)C1C(=O)c2ccccc2OC12CCN(C(=O)OC(C)(C)C)CC2.CC=O. The van der Waals surface area contributed by atoms with E-state index in [1.165, 1.54) is 19.8 Å². The van der Waals surface area contributed by atoms with Crippen LogP contribution in [0.25, 0.3) is 0 Å². The Bertz CT molecular complexity index is 1680. The first-order chi connectivity index (χ1) is 26.8. The minimum atomic E-state index is -0.830. The fourth-order valence-electron chi connectivity index (χ4n) is 7.57. The zero-order valence-corrected chi connectivity index (χ0v) is 35.0. The number of hydrogen-bond acceptors (Lipinski definition) is 11. The number of carbonyl (C=O) groups excluding carboxylic acids is 5. The first-order valence-electron chi connectivity index (χ1n) is 20.1. The average molecular weight is 795 g/mol. The number of para-hydroxylation sites is 2. The van der Waals surface area contributed by atoms with Gasteiger partial charge in [-0.1, -0.05) is 24.3 Å². The van der Waals surface area contributed by atoms with Gasteiger partial charge in [-0.2, -0.15) is 0 Å². The Morgan fingerprint density at radius 2 is 1.21 bits per heavy atom. The van der Waals surface area contributed by atoms with E-state index in [0.29, 0.717) is 80.9 Å². The maximum absolute atomic E-state index is 13.0. The molecule has 3 fully saturated rings. The first kappa shape index (κ1) is 45.2. The van der Waals surface area contributed by atoms with E-state index in [9.17, 15) is 24.3 Å². The number of benzene rings is 2. The number of nitrogens with zero attached hydrogens (tertiary/aromatic N) is 2. The summed E-state index contributed by atoms with van der Waals surface area (Å²) in [6.07, 6.45) is 4.44. The van der Waals surface area contributed by atoms with Gasteiger partial charge in [0.25, 0.3) is 0 Å². The average Bonchev–Trinajstić information content (AvgIpc) is 3.72. The van der Waals surface area contributed by atoms with Gasteiger partial charge in [-0.3, -0.25) is 9.59 Å². The predicted molar refractivity (Wildman–Crippen MR) is 214 cm³/mol. The van der Waals surface area contributed by atoms with Crippen LogP contribution in [0, 0.1) is 5.92 Å². The van der Waals surface area contributed by atoms with Crippen molar-refractivity contribution in [2.45, 2.75) is 129 Å². The van der Waals surface area contributed by atoms with Crippen LogP contribution in [-0.4, -0.2) is 113 Å². The molecule has 3 saturated heterocycles. The smallest absolute Gasteiger partial charge is 0.410 e. The lowest BCUT2D eigenvalue weighted by molar-refractivity contribution is -0.106. The number of rotatable bonds is 1. The summed E-state index contributed by atoms with van der Waals surface area (Å²) >= 11 is 0. The van der Waals surface area contributed by atoms with E-state index < -0.39 is 34.4 Å². The second kappa shape index (κ2) is 19.3. The summed E-state index contributed by atoms with van der Waals surface area (Å²) in [6.45, 7) is 18.1. The number of hydrogen-bond donors (Lipinski definition) is 1. The zero-order valence-electron chi connectivity index (χ0n) is 35.0. The molecule has 5 heterocycles. The second-order valence-electron chi connectivity index (χ2n) is 17.1. The van der Waals surface area contributed by atoms with E-state index in [0.717, 1.165) is 19.5 Å². The van der Waals surface area contributed by atoms with E-state index in [-0.39, 0.29) is 23.8 Å². The molecular formula is C44H62N2O11. The van der Waals surface area contributed by atoms with Crippen molar-refractivity contribution in [1.29, 1.82) is 0 Å². The molecule has 2 amide bonds. The number of aliphatic hydroxyl groups excluding tert-OH is 1. The summed E-state index contributed by atoms with van der Waals surface area (Å²) in [5, 5.41) is 10.3. The normalized spacial score (nSPS) is 21.0. The summed E-state index contributed by atoms with van der Waals surface area (Å²) in [5.41, 5.74) is -1.15. The lowest BCUT2D eigenvalue weighted by atomic mass is 9.71. The van der Waals surface area contributed by atoms with Gasteiger partial charge >= 0.3 is 12.2 Å². The molecule has 0 aromatic heterocycles. The number of fused-ring (bicyclic) bond motifs is 2. The van der Waals surface area contributed by atoms with E-state index in [4.69, 9.17) is 28.5 Å². The molecule has 7 rings (SSSR count). The quantitative estimate of drug-likeness (QED) is 0.286. The van der Waals surface area contributed by atoms with Crippen molar-refractivity contribution < 1.29 is 52.8 Å². The molecular weight excluding hydrogens is 732 g/mol. The number of ketones is 2. The van der Waals surface area contributed by atoms with Crippen LogP contribution < -0.4 is 9.47 Å². The van der Waals surface area contributed by atoms with Crippen molar-refractivity contribution >= 4 is 30.0 Å². The van der Waals surface area contributed by atoms with E-state index in [1.807, 2.05) is 65.8 Å². The van der Waals surface area contributed by atoms with Crippen LogP contribution in [-0.2, 0) is 19.0 Å². The van der Waals surface area contributed by atoms with E-state index in [2.05, 4.69) is 0 Å².